The normalized spacial score (nSPS) is 16.0. The molecule has 1 heterocycles. The van der Waals surface area contributed by atoms with Crippen molar-refractivity contribution in [3.8, 4) is 0 Å². The van der Waals surface area contributed by atoms with Gasteiger partial charge in [-0.3, -0.25) is 4.79 Å². The summed E-state index contributed by atoms with van der Waals surface area (Å²) >= 11 is 1.68. The summed E-state index contributed by atoms with van der Waals surface area (Å²) < 4.78 is 0. The molecular weight excluding hydrogens is 304 g/mol. The fourth-order valence-corrected chi connectivity index (χ4v) is 4.01. The van der Waals surface area contributed by atoms with Crippen molar-refractivity contribution in [2.24, 2.45) is 0 Å². The number of hydrogen-bond acceptors (Lipinski definition) is 3. The Morgan fingerprint density at radius 1 is 1.22 bits per heavy atom. The third kappa shape index (κ3) is 3.70. The average Bonchev–Trinajstić information content (AvgIpc) is 2.96. The molecule has 0 spiro atoms. The van der Waals surface area contributed by atoms with Crippen LogP contribution < -0.4 is 10.2 Å². The van der Waals surface area contributed by atoms with E-state index in [-0.39, 0.29) is 11.2 Å². The molecule has 1 N–H and O–H groups in total. The molecule has 3 rings (SSSR count). The molecular formula is C19H22N2OS. The molecule has 1 aliphatic rings. The minimum Gasteiger partial charge on any atom is -0.378 e. The molecule has 0 aliphatic carbocycles. The minimum absolute atomic E-state index is 0.00662. The molecule has 2 aromatic rings. The van der Waals surface area contributed by atoms with Crippen molar-refractivity contribution in [1.82, 2.24) is 5.32 Å². The van der Waals surface area contributed by atoms with Crippen LogP contribution in [0.2, 0.25) is 0 Å². The first kappa shape index (κ1) is 15.9. The van der Waals surface area contributed by atoms with E-state index in [0.717, 1.165) is 17.7 Å². The van der Waals surface area contributed by atoms with Crippen LogP contribution >= 0.6 is 11.8 Å². The van der Waals surface area contributed by atoms with Crippen LogP contribution in [0.5, 0.6) is 0 Å². The van der Waals surface area contributed by atoms with Crippen LogP contribution in [0.1, 0.15) is 16.7 Å². The Kier molecular flexibility index (Phi) is 4.62. The molecule has 0 saturated heterocycles. The van der Waals surface area contributed by atoms with Crippen molar-refractivity contribution >= 4 is 23.4 Å². The molecule has 0 radical (unpaired) electrons. The summed E-state index contributed by atoms with van der Waals surface area (Å²) in [4.78, 5) is 15.7. The van der Waals surface area contributed by atoms with Gasteiger partial charge in [0.05, 0.1) is 5.25 Å². The second-order valence-corrected chi connectivity index (χ2v) is 7.45. The molecule has 120 valence electrons. The predicted octanol–water partition coefficient (Wildman–Crippen LogP) is 3.39. The number of fused-ring (bicyclic) bond motifs is 1. The van der Waals surface area contributed by atoms with E-state index in [1.165, 1.54) is 16.0 Å². The van der Waals surface area contributed by atoms with Gasteiger partial charge in [-0.25, -0.2) is 0 Å². The summed E-state index contributed by atoms with van der Waals surface area (Å²) in [6.07, 6.45) is 0.825. The third-order valence-electron chi connectivity index (χ3n) is 4.11. The second-order valence-electron chi connectivity index (χ2n) is 6.20. The number of amides is 1. The molecule has 1 atom stereocenters. The first-order valence-corrected chi connectivity index (χ1v) is 8.71. The number of rotatable bonds is 4. The maximum atomic E-state index is 12.4. The van der Waals surface area contributed by atoms with E-state index in [4.69, 9.17) is 0 Å². The van der Waals surface area contributed by atoms with E-state index < -0.39 is 0 Å². The van der Waals surface area contributed by atoms with Gasteiger partial charge in [0.1, 0.15) is 0 Å². The van der Waals surface area contributed by atoms with Gasteiger partial charge in [0, 0.05) is 31.2 Å². The zero-order valence-corrected chi connectivity index (χ0v) is 14.6. The van der Waals surface area contributed by atoms with Gasteiger partial charge in [0.2, 0.25) is 5.91 Å². The minimum atomic E-state index is -0.00662. The number of carbonyl (C=O) groups excluding carboxylic acids is 1. The summed E-state index contributed by atoms with van der Waals surface area (Å²) in [5, 5.41) is 3.06. The van der Waals surface area contributed by atoms with Crippen molar-refractivity contribution < 1.29 is 4.79 Å². The van der Waals surface area contributed by atoms with E-state index >= 15 is 0 Å². The zero-order chi connectivity index (χ0) is 16.4. The van der Waals surface area contributed by atoms with Crippen LogP contribution in [0.15, 0.2) is 47.4 Å². The van der Waals surface area contributed by atoms with Gasteiger partial charge in [-0.2, -0.15) is 0 Å². The molecule has 1 unspecified atom stereocenters. The van der Waals surface area contributed by atoms with Crippen LogP contribution in [0, 0.1) is 6.92 Å². The number of thioether (sulfide) groups is 1. The fourth-order valence-electron chi connectivity index (χ4n) is 2.70. The van der Waals surface area contributed by atoms with E-state index in [1.54, 1.807) is 11.8 Å². The lowest BCUT2D eigenvalue weighted by molar-refractivity contribution is -0.120. The Labute approximate surface area is 142 Å². The maximum absolute atomic E-state index is 12.4. The quantitative estimate of drug-likeness (QED) is 0.935. The van der Waals surface area contributed by atoms with Crippen molar-refractivity contribution in [3.05, 3.63) is 59.2 Å². The van der Waals surface area contributed by atoms with E-state index in [0.29, 0.717) is 6.54 Å². The number of nitrogens with zero attached hydrogens (tertiary/aromatic N) is 1. The van der Waals surface area contributed by atoms with Crippen LogP contribution in [0.3, 0.4) is 0 Å². The average molecular weight is 326 g/mol. The summed E-state index contributed by atoms with van der Waals surface area (Å²) in [6, 6.07) is 14.7. The monoisotopic (exact) mass is 326 g/mol. The molecule has 23 heavy (non-hydrogen) atoms. The highest BCUT2D eigenvalue weighted by Crippen LogP contribution is 2.37. The molecule has 0 bridgehead atoms. The Hall–Kier alpha value is -1.94. The Morgan fingerprint density at radius 2 is 1.96 bits per heavy atom. The van der Waals surface area contributed by atoms with Gasteiger partial charge in [-0.1, -0.05) is 29.8 Å². The Bertz CT molecular complexity index is 710. The molecule has 0 saturated carbocycles. The molecule has 2 aromatic carbocycles. The summed E-state index contributed by atoms with van der Waals surface area (Å²) in [7, 11) is 4.04. The van der Waals surface area contributed by atoms with Crippen molar-refractivity contribution in [2.75, 3.05) is 19.0 Å². The van der Waals surface area contributed by atoms with Crippen molar-refractivity contribution in [3.63, 3.8) is 0 Å². The maximum Gasteiger partial charge on any atom is 0.234 e. The van der Waals surface area contributed by atoms with Gasteiger partial charge in [0.15, 0.2) is 0 Å². The van der Waals surface area contributed by atoms with Crippen LogP contribution in [-0.2, 0) is 17.8 Å². The van der Waals surface area contributed by atoms with Crippen molar-refractivity contribution in [1.29, 1.82) is 0 Å². The third-order valence-corrected chi connectivity index (χ3v) is 5.41. The Morgan fingerprint density at radius 3 is 2.65 bits per heavy atom. The Balaban J connectivity index is 1.56. The molecule has 0 fully saturated rings. The lowest BCUT2D eigenvalue weighted by atomic mass is 10.1. The highest BCUT2D eigenvalue weighted by molar-refractivity contribution is 8.01. The van der Waals surface area contributed by atoms with Crippen LogP contribution in [0.4, 0.5) is 5.69 Å². The smallest absolute Gasteiger partial charge is 0.234 e. The van der Waals surface area contributed by atoms with Gasteiger partial charge in [-0.05, 0) is 42.7 Å². The predicted molar refractivity (Wildman–Crippen MR) is 97.1 cm³/mol. The molecule has 3 nitrogen and oxygen atoms in total. The first-order valence-electron chi connectivity index (χ1n) is 7.83. The number of benzene rings is 2. The van der Waals surface area contributed by atoms with E-state index in [2.05, 4.69) is 59.6 Å². The van der Waals surface area contributed by atoms with Gasteiger partial charge in [-0.15, -0.1) is 11.8 Å². The summed E-state index contributed by atoms with van der Waals surface area (Å²) in [5.74, 6) is 0.125. The van der Waals surface area contributed by atoms with E-state index in [9.17, 15) is 4.79 Å². The topological polar surface area (TPSA) is 32.3 Å². The number of anilines is 1. The standard InChI is InChI=1S/C19H22N2OS/c1-13-4-7-15-11-18(23-17(15)10-13)19(22)20-12-14-5-8-16(9-6-14)21(2)3/h4-10,18H,11-12H2,1-3H3,(H,20,22). The number of hydrogen-bond donors (Lipinski definition) is 1. The fraction of sp³-hybridized carbons (Fsp3) is 0.316. The van der Waals surface area contributed by atoms with E-state index in [1.807, 2.05) is 14.1 Å². The van der Waals surface area contributed by atoms with Gasteiger partial charge in [0.25, 0.3) is 0 Å². The van der Waals surface area contributed by atoms with Crippen LogP contribution in [0.25, 0.3) is 0 Å². The van der Waals surface area contributed by atoms with Crippen molar-refractivity contribution in [2.45, 2.75) is 30.0 Å². The lowest BCUT2D eigenvalue weighted by Crippen LogP contribution is -2.31. The second kappa shape index (κ2) is 6.67. The number of carbonyl (C=O) groups is 1. The first-order chi connectivity index (χ1) is 11.0. The lowest BCUT2D eigenvalue weighted by Gasteiger charge is -2.13. The van der Waals surface area contributed by atoms with Crippen LogP contribution in [-0.4, -0.2) is 25.3 Å². The molecule has 0 aromatic heterocycles. The molecule has 4 heteroatoms. The largest absolute Gasteiger partial charge is 0.378 e. The summed E-state index contributed by atoms with van der Waals surface area (Å²) in [6.45, 7) is 2.67. The highest BCUT2D eigenvalue weighted by atomic mass is 32.2. The molecule has 1 amide bonds. The zero-order valence-electron chi connectivity index (χ0n) is 13.8. The van der Waals surface area contributed by atoms with Gasteiger partial charge < -0.3 is 10.2 Å². The van der Waals surface area contributed by atoms with Gasteiger partial charge >= 0.3 is 0 Å². The SMILES string of the molecule is Cc1ccc2c(c1)SC(C(=O)NCc1ccc(N(C)C)cc1)C2. The number of aryl methyl sites for hydroxylation is 1. The molecule has 1 aliphatic heterocycles. The summed E-state index contributed by atoms with van der Waals surface area (Å²) in [5.41, 5.74) is 4.83. The highest BCUT2D eigenvalue weighted by Gasteiger charge is 2.27. The number of nitrogens with one attached hydrogen (secondary N) is 1.